The minimum Gasteiger partial charge on any atom is -0.363 e. The first-order chi connectivity index (χ1) is 10.9. The van der Waals surface area contributed by atoms with Crippen LogP contribution in [0.1, 0.15) is 24.1 Å². The van der Waals surface area contributed by atoms with Crippen LogP contribution >= 0.6 is 0 Å². The predicted molar refractivity (Wildman–Crippen MR) is 90.2 cm³/mol. The van der Waals surface area contributed by atoms with Crippen molar-refractivity contribution in [3.63, 3.8) is 0 Å². The highest BCUT2D eigenvalue weighted by Crippen LogP contribution is 2.17. The number of urea groups is 1. The minimum atomic E-state index is -0.121. The molecule has 1 atom stereocenters. The maximum Gasteiger partial charge on any atom is 0.317 e. The third kappa shape index (κ3) is 4.21. The number of anilines is 1. The van der Waals surface area contributed by atoms with E-state index in [1.807, 2.05) is 51.3 Å². The number of pyridine rings is 1. The van der Waals surface area contributed by atoms with Gasteiger partial charge in [-0.05, 0) is 24.6 Å². The second-order valence-electron chi connectivity index (χ2n) is 5.81. The summed E-state index contributed by atoms with van der Waals surface area (Å²) in [5, 5.41) is 7.08. The lowest BCUT2D eigenvalue weighted by molar-refractivity contribution is 0.194. The summed E-state index contributed by atoms with van der Waals surface area (Å²) in [5.74, 6) is 0.869. The Kier molecular flexibility index (Phi) is 5.20. The van der Waals surface area contributed by atoms with Crippen molar-refractivity contribution in [2.45, 2.75) is 19.5 Å². The van der Waals surface area contributed by atoms with E-state index in [0.29, 0.717) is 6.54 Å². The number of hydrogen-bond acceptors (Lipinski definition) is 4. The zero-order valence-corrected chi connectivity index (χ0v) is 14.3. The number of aryl methyl sites for hydroxylation is 1. The molecule has 7 heteroatoms. The first-order valence-electron chi connectivity index (χ1n) is 7.50. The molecule has 0 fully saturated rings. The Balaban J connectivity index is 1.95. The molecule has 2 aromatic rings. The summed E-state index contributed by atoms with van der Waals surface area (Å²) in [6.45, 7) is 2.44. The number of amides is 2. The summed E-state index contributed by atoms with van der Waals surface area (Å²) in [4.78, 5) is 20.2. The number of nitrogens with zero attached hydrogens (tertiary/aromatic N) is 5. The molecule has 1 N–H and O–H groups in total. The van der Waals surface area contributed by atoms with E-state index in [-0.39, 0.29) is 12.1 Å². The van der Waals surface area contributed by atoms with Gasteiger partial charge in [-0.1, -0.05) is 0 Å². The highest BCUT2D eigenvalue weighted by molar-refractivity contribution is 5.74. The normalized spacial score (nSPS) is 11.9. The second kappa shape index (κ2) is 7.13. The van der Waals surface area contributed by atoms with Gasteiger partial charge in [-0.2, -0.15) is 5.10 Å². The van der Waals surface area contributed by atoms with Crippen LogP contribution in [0.2, 0.25) is 0 Å². The number of carbonyl (C=O) groups excluding carboxylic acids is 1. The number of aromatic nitrogens is 3. The molecule has 0 aromatic carbocycles. The van der Waals surface area contributed by atoms with E-state index in [1.165, 1.54) is 0 Å². The van der Waals surface area contributed by atoms with Crippen LogP contribution in [-0.4, -0.2) is 46.8 Å². The highest BCUT2D eigenvalue weighted by Gasteiger charge is 2.18. The van der Waals surface area contributed by atoms with E-state index >= 15 is 0 Å². The van der Waals surface area contributed by atoms with Crippen molar-refractivity contribution in [1.29, 1.82) is 0 Å². The van der Waals surface area contributed by atoms with Crippen molar-refractivity contribution in [3.8, 4) is 0 Å². The largest absolute Gasteiger partial charge is 0.363 e. The van der Waals surface area contributed by atoms with Crippen LogP contribution in [0.3, 0.4) is 0 Å². The van der Waals surface area contributed by atoms with E-state index in [9.17, 15) is 4.79 Å². The molecule has 2 aromatic heterocycles. The summed E-state index contributed by atoms with van der Waals surface area (Å²) in [7, 11) is 7.52. The van der Waals surface area contributed by atoms with Gasteiger partial charge in [0.15, 0.2) is 0 Å². The van der Waals surface area contributed by atoms with Crippen molar-refractivity contribution in [2.24, 2.45) is 7.05 Å². The fourth-order valence-corrected chi connectivity index (χ4v) is 2.17. The Morgan fingerprint density at radius 1 is 1.39 bits per heavy atom. The summed E-state index contributed by atoms with van der Waals surface area (Å²) >= 11 is 0. The Labute approximate surface area is 136 Å². The zero-order chi connectivity index (χ0) is 17.0. The topological polar surface area (TPSA) is 66.3 Å². The summed E-state index contributed by atoms with van der Waals surface area (Å²) in [6, 6.07) is 3.70. The number of hydrogen-bond donors (Lipinski definition) is 1. The Morgan fingerprint density at radius 2 is 2.13 bits per heavy atom. The molecule has 23 heavy (non-hydrogen) atoms. The SMILES string of the molecule is CC(c1cnn(C)c1)N(C)C(=O)NCc1ccnc(N(C)C)c1. The van der Waals surface area contributed by atoms with Crippen LogP contribution in [-0.2, 0) is 13.6 Å². The van der Waals surface area contributed by atoms with Crippen molar-refractivity contribution < 1.29 is 4.79 Å². The molecule has 0 aliphatic heterocycles. The molecular formula is C16H24N6O. The number of carbonyl (C=O) groups is 1. The molecule has 0 aliphatic rings. The molecule has 2 rings (SSSR count). The van der Waals surface area contributed by atoms with Gasteiger partial charge in [0.05, 0.1) is 12.2 Å². The average Bonchev–Trinajstić information content (AvgIpc) is 2.97. The van der Waals surface area contributed by atoms with Gasteiger partial charge >= 0.3 is 6.03 Å². The fraction of sp³-hybridized carbons (Fsp3) is 0.438. The van der Waals surface area contributed by atoms with Crippen LogP contribution in [0.15, 0.2) is 30.7 Å². The van der Waals surface area contributed by atoms with Crippen LogP contribution < -0.4 is 10.2 Å². The second-order valence-corrected chi connectivity index (χ2v) is 5.81. The standard InChI is InChI=1S/C16H24N6O/c1-12(14-10-19-21(4)11-14)22(5)16(23)18-9-13-6-7-17-15(8-13)20(2)3/h6-8,10-12H,9H2,1-5H3,(H,18,23). The molecule has 2 amide bonds. The van der Waals surface area contributed by atoms with E-state index in [0.717, 1.165) is 16.9 Å². The third-order valence-corrected chi connectivity index (χ3v) is 3.82. The lowest BCUT2D eigenvalue weighted by Crippen LogP contribution is -2.38. The van der Waals surface area contributed by atoms with Gasteiger partial charge < -0.3 is 15.1 Å². The van der Waals surface area contributed by atoms with Crippen LogP contribution in [0.25, 0.3) is 0 Å². The van der Waals surface area contributed by atoms with Crippen molar-refractivity contribution in [2.75, 3.05) is 26.0 Å². The lowest BCUT2D eigenvalue weighted by atomic mass is 10.2. The van der Waals surface area contributed by atoms with E-state index in [2.05, 4.69) is 15.4 Å². The maximum atomic E-state index is 12.3. The Morgan fingerprint density at radius 3 is 2.74 bits per heavy atom. The van der Waals surface area contributed by atoms with Gasteiger partial charge in [0.1, 0.15) is 5.82 Å². The van der Waals surface area contributed by atoms with Crippen LogP contribution in [0.5, 0.6) is 0 Å². The first kappa shape index (κ1) is 16.8. The summed E-state index contributed by atoms with van der Waals surface area (Å²) < 4.78 is 1.73. The van der Waals surface area contributed by atoms with Gasteiger partial charge in [0.25, 0.3) is 0 Å². The Hall–Kier alpha value is -2.57. The van der Waals surface area contributed by atoms with Crippen molar-refractivity contribution in [1.82, 2.24) is 25.0 Å². The average molecular weight is 316 g/mol. The quantitative estimate of drug-likeness (QED) is 0.913. The molecule has 0 aliphatic carbocycles. The van der Waals surface area contributed by atoms with Gasteiger partial charge in [-0.25, -0.2) is 9.78 Å². The lowest BCUT2D eigenvalue weighted by Gasteiger charge is -2.24. The molecule has 1 unspecified atom stereocenters. The molecule has 124 valence electrons. The maximum absolute atomic E-state index is 12.3. The molecule has 0 radical (unpaired) electrons. The van der Waals surface area contributed by atoms with E-state index < -0.39 is 0 Å². The molecule has 0 spiro atoms. The molecule has 7 nitrogen and oxygen atoms in total. The van der Waals surface area contributed by atoms with Crippen LogP contribution in [0.4, 0.5) is 10.6 Å². The monoisotopic (exact) mass is 316 g/mol. The molecule has 0 saturated carbocycles. The van der Waals surface area contributed by atoms with Gasteiger partial charge in [0, 0.05) is 52.7 Å². The Bertz CT molecular complexity index is 666. The molecule has 0 saturated heterocycles. The highest BCUT2D eigenvalue weighted by atomic mass is 16.2. The van der Waals surface area contributed by atoms with Crippen molar-refractivity contribution >= 4 is 11.8 Å². The molecular weight excluding hydrogens is 292 g/mol. The van der Waals surface area contributed by atoms with Gasteiger partial charge in [-0.15, -0.1) is 0 Å². The van der Waals surface area contributed by atoms with Crippen molar-refractivity contribution in [3.05, 3.63) is 41.9 Å². The minimum absolute atomic E-state index is 0.0431. The van der Waals surface area contributed by atoms with E-state index in [4.69, 9.17) is 0 Å². The summed E-state index contributed by atoms with van der Waals surface area (Å²) in [5.41, 5.74) is 2.02. The van der Waals surface area contributed by atoms with Crippen LogP contribution in [0, 0.1) is 0 Å². The number of nitrogens with one attached hydrogen (secondary N) is 1. The molecule has 2 heterocycles. The smallest absolute Gasteiger partial charge is 0.317 e. The molecule has 0 bridgehead atoms. The number of rotatable bonds is 5. The first-order valence-corrected chi connectivity index (χ1v) is 7.50. The third-order valence-electron chi connectivity index (χ3n) is 3.82. The predicted octanol–water partition coefficient (Wildman–Crippen LogP) is 1.78. The zero-order valence-electron chi connectivity index (χ0n) is 14.3. The fourth-order valence-electron chi connectivity index (χ4n) is 2.17. The van der Waals surface area contributed by atoms with Gasteiger partial charge in [0.2, 0.25) is 0 Å². The van der Waals surface area contributed by atoms with Gasteiger partial charge in [-0.3, -0.25) is 4.68 Å². The van der Waals surface area contributed by atoms with E-state index in [1.54, 1.807) is 29.0 Å². The summed E-state index contributed by atoms with van der Waals surface area (Å²) in [6.07, 6.45) is 5.44.